The third kappa shape index (κ3) is 3.55. The first-order valence-electron chi connectivity index (χ1n) is 9.03. The summed E-state index contributed by atoms with van der Waals surface area (Å²) in [5.41, 5.74) is 0.401. The van der Waals surface area contributed by atoms with Crippen LogP contribution in [-0.4, -0.2) is 63.6 Å². The van der Waals surface area contributed by atoms with Crippen molar-refractivity contribution in [2.24, 2.45) is 0 Å². The fourth-order valence-corrected chi connectivity index (χ4v) is 4.96. The quantitative estimate of drug-likeness (QED) is 0.753. The number of hydrogen-bond acceptors (Lipinski definition) is 7. The second kappa shape index (κ2) is 7.63. The number of para-hydroxylation sites is 1. The van der Waals surface area contributed by atoms with Gasteiger partial charge >= 0.3 is 6.09 Å². The molecule has 2 aliphatic heterocycles. The Balaban J connectivity index is 1.50. The van der Waals surface area contributed by atoms with E-state index in [4.69, 9.17) is 14.2 Å². The van der Waals surface area contributed by atoms with E-state index < -0.39 is 40.5 Å². The predicted molar refractivity (Wildman–Crippen MR) is 99.3 cm³/mol. The minimum atomic E-state index is -3.85. The van der Waals surface area contributed by atoms with Crippen LogP contribution in [0.25, 0.3) is 10.9 Å². The van der Waals surface area contributed by atoms with E-state index in [1.54, 1.807) is 37.4 Å². The van der Waals surface area contributed by atoms with Gasteiger partial charge in [0.2, 0.25) is 10.0 Å². The van der Waals surface area contributed by atoms with Crippen LogP contribution in [0.2, 0.25) is 0 Å². The zero-order valence-electron chi connectivity index (χ0n) is 15.2. The van der Waals surface area contributed by atoms with E-state index in [0.717, 1.165) is 5.39 Å². The molecule has 0 radical (unpaired) electrons. The van der Waals surface area contributed by atoms with Gasteiger partial charge in [0.1, 0.15) is 17.1 Å². The number of hydrogen-bond donors (Lipinski definition) is 2. The molecule has 28 heavy (non-hydrogen) atoms. The van der Waals surface area contributed by atoms with E-state index in [2.05, 4.69) is 15.0 Å². The first kappa shape index (κ1) is 19.1. The molecule has 0 bridgehead atoms. The lowest BCUT2D eigenvalue weighted by atomic mass is 10.1. The SMILES string of the molecule is CCNC(=O)O[C@H]1CO[C@@H]2[C@@H]1OC[C@@H]2NS(=O)(=O)c1cccc2cccnc12. The Bertz CT molecular complexity index is 977. The fourth-order valence-electron chi connectivity index (χ4n) is 3.55. The number of amides is 1. The number of ether oxygens (including phenoxy) is 3. The van der Waals surface area contributed by atoms with Gasteiger partial charge in [-0.05, 0) is 19.1 Å². The number of carbonyl (C=O) groups excluding carboxylic acids is 1. The van der Waals surface area contributed by atoms with E-state index in [0.29, 0.717) is 12.1 Å². The van der Waals surface area contributed by atoms with Gasteiger partial charge in [0.15, 0.2) is 6.10 Å². The number of carbonyl (C=O) groups is 1. The highest BCUT2D eigenvalue weighted by molar-refractivity contribution is 7.89. The van der Waals surface area contributed by atoms with Crippen LogP contribution in [0.3, 0.4) is 0 Å². The molecule has 2 aliphatic rings. The molecule has 2 aromatic rings. The topological polar surface area (TPSA) is 116 Å². The van der Waals surface area contributed by atoms with Gasteiger partial charge in [-0.2, -0.15) is 0 Å². The highest BCUT2D eigenvalue weighted by Gasteiger charge is 2.50. The summed E-state index contributed by atoms with van der Waals surface area (Å²) in [6.45, 7) is 2.51. The van der Waals surface area contributed by atoms with Crippen LogP contribution in [0.15, 0.2) is 41.4 Å². The summed E-state index contributed by atoms with van der Waals surface area (Å²) in [5, 5.41) is 3.28. The summed E-state index contributed by atoms with van der Waals surface area (Å²) < 4.78 is 45.3. The number of nitrogens with one attached hydrogen (secondary N) is 2. The van der Waals surface area contributed by atoms with Crippen molar-refractivity contribution < 1.29 is 27.4 Å². The largest absolute Gasteiger partial charge is 0.441 e. The van der Waals surface area contributed by atoms with Crippen LogP contribution >= 0.6 is 0 Å². The lowest BCUT2D eigenvalue weighted by Crippen LogP contribution is -2.44. The Hall–Kier alpha value is -2.27. The number of pyridine rings is 1. The first-order chi connectivity index (χ1) is 13.5. The second-order valence-electron chi connectivity index (χ2n) is 6.63. The van der Waals surface area contributed by atoms with Gasteiger partial charge in [-0.1, -0.05) is 18.2 Å². The summed E-state index contributed by atoms with van der Waals surface area (Å²) in [5.74, 6) is 0. The number of aromatic nitrogens is 1. The lowest BCUT2D eigenvalue weighted by Gasteiger charge is -2.18. The molecule has 0 unspecified atom stereocenters. The van der Waals surface area contributed by atoms with E-state index in [1.165, 1.54) is 6.07 Å². The number of benzene rings is 1. The molecule has 2 saturated heterocycles. The Morgan fingerprint density at radius 2 is 2.00 bits per heavy atom. The number of fused-ring (bicyclic) bond motifs is 2. The molecule has 1 amide bonds. The Morgan fingerprint density at radius 3 is 2.82 bits per heavy atom. The van der Waals surface area contributed by atoms with Gasteiger partial charge in [-0.25, -0.2) is 17.9 Å². The maximum Gasteiger partial charge on any atom is 0.407 e. The summed E-state index contributed by atoms with van der Waals surface area (Å²) in [4.78, 5) is 15.9. The molecule has 2 N–H and O–H groups in total. The number of nitrogens with zero attached hydrogens (tertiary/aromatic N) is 1. The molecule has 0 spiro atoms. The van der Waals surface area contributed by atoms with Crippen molar-refractivity contribution in [3.05, 3.63) is 36.5 Å². The summed E-state index contributed by atoms with van der Waals surface area (Å²) in [6.07, 6.45) is -0.617. The van der Waals surface area contributed by atoms with E-state index in [9.17, 15) is 13.2 Å². The third-order valence-corrected chi connectivity index (χ3v) is 6.30. The minimum absolute atomic E-state index is 0.0992. The third-order valence-electron chi connectivity index (χ3n) is 4.78. The van der Waals surface area contributed by atoms with Crippen LogP contribution < -0.4 is 10.0 Å². The Labute approximate surface area is 162 Å². The number of alkyl carbamates (subject to hydrolysis) is 1. The van der Waals surface area contributed by atoms with Gasteiger partial charge in [-0.3, -0.25) is 4.98 Å². The van der Waals surface area contributed by atoms with Crippen LogP contribution in [0.1, 0.15) is 6.92 Å². The first-order valence-corrected chi connectivity index (χ1v) is 10.5. The molecular formula is C18H21N3O6S. The maximum atomic E-state index is 13.0. The summed E-state index contributed by atoms with van der Waals surface area (Å²) >= 11 is 0. The van der Waals surface area contributed by atoms with Gasteiger partial charge in [0.05, 0.1) is 24.8 Å². The van der Waals surface area contributed by atoms with Crippen molar-refractivity contribution in [2.75, 3.05) is 19.8 Å². The standard InChI is InChI=1S/C18H21N3O6S/c1-2-19-18(22)27-13-10-26-16-12(9-25-17(13)16)21-28(23,24)14-7-3-5-11-6-4-8-20-15(11)14/h3-8,12-13,16-17,21H,2,9-10H2,1H3,(H,19,22)/t12-,13-,16-,17+/m0/s1. The van der Waals surface area contributed by atoms with Gasteiger partial charge in [-0.15, -0.1) is 0 Å². The van der Waals surface area contributed by atoms with Gasteiger partial charge < -0.3 is 19.5 Å². The van der Waals surface area contributed by atoms with Crippen molar-refractivity contribution in [3.8, 4) is 0 Å². The van der Waals surface area contributed by atoms with Crippen LogP contribution in [0.4, 0.5) is 4.79 Å². The lowest BCUT2D eigenvalue weighted by molar-refractivity contribution is 0.00428. The number of sulfonamides is 1. The Morgan fingerprint density at radius 1 is 1.21 bits per heavy atom. The summed E-state index contributed by atoms with van der Waals surface area (Å²) in [6, 6.07) is 7.97. The van der Waals surface area contributed by atoms with Crippen molar-refractivity contribution >= 4 is 27.0 Å². The molecule has 0 saturated carbocycles. The number of rotatable bonds is 5. The van der Waals surface area contributed by atoms with Crippen LogP contribution in [-0.2, 0) is 24.2 Å². The molecule has 150 valence electrons. The molecule has 10 heteroatoms. The molecule has 3 heterocycles. The van der Waals surface area contributed by atoms with E-state index in [-0.39, 0.29) is 18.1 Å². The van der Waals surface area contributed by atoms with E-state index in [1.807, 2.05) is 0 Å². The second-order valence-corrected chi connectivity index (χ2v) is 8.31. The molecule has 0 aliphatic carbocycles. The van der Waals surface area contributed by atoms with Crippen molar-refractivity contribution in [2.45, 2.75) is 36.2 Å². The van der Waals surface area contributed by atoms with Gasteiger partial charge in [0.25, 0.3) is 0 Å². The minimum Gasteiger partial charge on any atom is -0.441 e. The maximum absolute atomic E-state index is 13.0. The van der Waals surface area contributed by atoms with Crippen molar-refractivity contribution in [1.82, 2.24) is 15.0 Å². The zero-order chi connectivity index (χ0) is 19.7. The molecule has 1 aromatic carbocycles. The molecule has 2 fully saturated rings. The van der Waals surface area contributed by atoms with Crippen LogP contribution in [0, 0.1) is 0 Å². The molecule has 1 aromatic heterocycles. The summed E-state index contributed by atoms with van der Waals surface area (Å²) in [7, 11) is -3.85. The predicted octanol–water partition coefficient (Wildman–Crippen LogP) is 0.794. The van der Waals surface area contributed by atoms with Crippen molar-refractivity contribution in [3.63, 3.8) is 0 Å². The highest BCUT2D eigenvalue weighted by Crippen LogP contribution is 2.30. The van der Waals surface area contributed by atoms with E-state index >= 15 is 0 Å². The average molecular weight is 407 g/mol. The monoisotopic (exact) mass is 407 g/mol. The van der Waals surface area contributed by atoms with Crippen molar-refractivity contribution in [1.29, 1.82) is 0 Å². The molecular weight excluding hydrogens is 386 g/mol. The highest BCUT2D eigenvalue weighted by atomic mass is 32.2. The molecule has 4 rings (SSSR count). The Kier molecular flexibility index (Phi) is 5.19. The van der Waals surface area contributed by atoms with Crippen LogP contribution in [0.5, 0.6) is 0 Å². The molecule has 9 nitrogen and oxygen atoms in total. The smallest absolute Gasteiger partial charge is 0.407 e. The van der Waals surface area contributed by atoms with Gasteiger partial charge in [0, 0.05) is 18.1 Å². The zero-order valence-corrected chi connectivity index (χ0v) is 16.0. The normalized spacial score (nSPS) is 26.9. The molecule has 4 atom stereocenters. The fraction of sp³-hybridized carbons (Fsp3) is 0.444. The average Bonchev–Trinajstić information content (AvgIpc) is 3.25.